The number of nitrogens with zero attached hydrogens (tertiary/aromatic N) is 3. The SMILES string of the molecule is C=CCN(CC=C)S(=O)(=O)c1ccc(C(=O)N=c2sc3cc4c(cc3n2CCC)OCO4)cc1. The molecule has 2 aromatic carbocycles. The van der Waals surface area contributed by atoms with Crippen molar-refractivity contribution in [3.8, 4) is 11.5 Å². The van der Waals surface area contributed by atoms with Crippen LogP contribution < -0.4 is 14.3 Å². The molecule has 2 heterocycles. The van der Waals surface area contributed by atoms with Crippen molar-refractivity contribution in [2.45, 2.75) is 24.8 Å². The maximum atomic E-state index is 12.9. The summed E-state index contributed by atoms with van der Waals surface area (Å²) in [4.78, 5) is 17.9. The molecule has 0 N–H and O–H groups in total. The highest BCUT2D eigenvalue weighted by molar-refractivity contribution is 7.89. The number of rotatable bonds is 9. The monoisotopic (exact) mass is 499 g/mol. The molecular weight excluding hydrogens is 474 g/mol. The van der Waals surface area contributed by atoms with E-state index in [0.717, 1.165) is 16.6 Å². The molecule has 0 bridgehead atoms. The first kappa shape index (κ1) is 23.9. The molecule has 1 amide bonds. The Labute approximate surface area is 202 Å². The Bertz CT molecular complexity index is 1410. The number of hydrogen-bond acceptors (Lipinski definition) is 6. The number of aryl methyl sites for hydroxylation is 1. The average molecular weight is 500 g/mol. The van der Waals surface area contributed by atoms with Crippen LogP contribution in [-0.4, -0.2) is 43.1 Å². The van der Waals surface area contributed by atoms with Crippen LogP contribution in [-0.2, 0) is 16.6 Å². The molecule has 0 saturated heterocycles. The summed E-state index contributed by atoms with van der Waals surface area (Å²) in [5, 5.41) is 0. The maximum absolute atomic E-state index is 12.9. The predicted octanol–water partition coefficient (Wildman–Crippen LogP) is 3.95. The van der Waals surface area contributed by atoms with Crippen molar-refractivity contribution in [1.82, 2.24) is 8.87 Å². The Morgan fingerprint density at radius 2 is 1.79 bits per heavy atom. The first-order chi connectivity index (χ1) is 16.4. The number of sulfonamides is 1. The zero-order valence-corrected chi connectivity index (χ0v) is 20.4. The fraction of sp³-hybridized carbons (Fsp3) is 0.250. The second-order valence-corrected chi connectivity index (χ2v) is 10.5. The number of amides is 1. The van der Waals surface area contributed by atoms with Crippen molar-refractivity contribution in [3.63, 3.8) is 0 Å². The van der Waals surface area contributed by atoms with Gasteiger partial charge in [0.2, 0.25) is 16.8 Å². The largest absolute Gasteiger partial charge is 0.454 e. The molecule has 0 aliphatic carbocycles. The topological polar surface area (TPSA) is 90.2 Å². The smallest absolute Gasteiger partial charge is 0.279 e. The van der Waals surface area contributed by atoms with E-state index in [9.17, 15) is 13.2 Å². The van der Waals surface area contributed by atoms with Crippen LogP contribution in [0.15, 0.2) is 71.6 Å². The van der Waals surface area contributed by atoms with Gasteiger partial charge in [0.25, 0.3) is 5.91 Å². The van der Waals surface area contributed by atoms with Crippen LogP contribution in [0.2, 0.25) is 0 Å². The number of hydrogen-bond donors (Lipinski definition) is 0. The number of fused-ring (bicyclic) bond motifs is 2. The first-order valence-corrected chi connectivity index (χ1v) is 13.0. The molecule has 1 aromatic heterocycles. The van der Waals surface area contributed by atoms with Crippen LogP contribution in [0.5, 0.6) is 11.5 Å². The average Bonchev–Trinajstić information content (AvgIpc) is 3.41. The fourth-order valence-corrected chi connectivity index (χ4v) is 6.06. The third kappa shape index (κ3) is 4.56. The summed E-state index contributed by atoms with van der Waals surface area (Å²) in [6.07, 6.45) is 3.89. The minimum absolute atomic E-state index is 0.0881. The van der Waals surface area contributed by atoms with Gasteiger partial charge in [-0.25, -0.2) is 8.42 Å². The number of thiazole rings is 1. The quantitative estimate of drug-likeness (QED) is 0.416. The van der Waals surface area contributed by atoms with E-state index in [4.69, 9.17) is 9.47 Å². The molecular formula is C24H25N3O5S2. The third-order valence-electron chi connectivity index (χ3n) is 5.23. The molecule has 10 heteroatoms. The van der Waals surface area contributed by atoms with E-state index in [1.165, 1.54) is 52.1 Å². The molecule has 1 aliphatic heterocycles. The van der Waals surface area contributed by atoms with Crippen LogP contribution in [0.4, 0.5) is 0 Å². The molecule has 0 atom stereocenters. The lowest BCUT2D eigenvalue weighted by molar-refractivity contribution is 0.0997. The van der Waals surface area contributed by atoms with Crippen molar-refractivity contribution in [1.29, 1.82) is 0 Å². The molecule has 4 rings (SSSR count). The fourth-order valence-electron chi connectivity index (χ4n) is 3.61. The Morgan fingerprint density at radius 3 is 2.41 bits per heavy atom. The summed E-state index contributed by atoms with van der Waals surface area (Å²) in [5.41, 5.74) is 1.22. The molecule has 0 fully saturated rings. The maximum Gasteiger partial charge on any atom is 0.279 e. The van der Waals surface area contributed by atoms with Gasteiger partial charge >= 0.3 is 0 Å². The first-order valence-electron chi connectivity index (χ1n) is 10.7. The van der Waals surface area contributed by atoms with Gasteiger partial charge in [-0.05, 0) is 30.7 Å². The number of ether oxygens (including phenoxy) is 2. The Hall–Kier alpha value is -3.21. The molecule has 0 radical (unpaired) electrons. The summed E-state index contributed by atoms with van der Waals surface area (Å²) in [6.45, 7) is 10.5. The minimum atomic E-state index is -3.74. The lowest BCUT2D eigenvalue weighted by Gasteiger charge is -2.19. The summed E-state index contributed by atoms with van der Waals surface area (Å²) < 4.78 is 40.9. The van der Waals surface area contributed by atoms with Crippen LogP contribution in [0, 0.1) is 0 Å². The van der Waals surface area contributed by atoms with Crippen molar-refractivity contribution in [2.75, 3.05) is 19.9 Å². The van der Waals surface area contributed by atoms with E-state index >= 15 is 0 Å². The zero-order valence-electron chi connectivity index (χ0n) is 18.8. The molecule has 0 spiro atoms. The van der Waals surface area contributed by atoms with Gasteiger partial charge in [0.1, 0.15) is 0 Å². The van der Waals surface area contributed by atoms with Crippen LogP contribution in [0.1, 0.15) is 23.7 Å². The van der Waals surface area contributed by atoms with E-state index < -0.39 is 15.9 Å². The van der Waals surface area contributed by atoms with E-state index in [-0.39, 0.29) is 24.8 Å². The number of carbonyl (C=O) groups is 1. The van der Waals surface area contributed by atoms with Gasteiger partial charge in [-0.3, -0.25) is 4.79 Å². The molecule has 8 nitrogen and oxygen atoms in total. The summed E-state index contributed by atoms with van der Waals surface area (Å²) in [7, 11) is -3.74. The van der Waals surface area contributed by atoms with Gasteiger partial charge in [0.15, 0.2) is 16.3 Å². The molecule has 1 aliphatic rings. The Kier molecular flexibility index (Phi) is 7.01. The van der Waals surface area contributed by atoms with Crippen LogP contribution in [0.3, 0.4) is 0 Å². The molecule has 178 valence electrons. The van der Waals surface area contributed by atoms with Crippen molar-refractivity contribution < 1.29 is 22.7 Å². The molecule has 34 heavy (non-hydrogen) atoms. The normalized spacial score (nSPS) is 13.5. The highest BCUT2D eigenvalue weighted by atomic mass is 32.2. The number of aromatic nitrogens is 1. The van der Waals surface area contributed by atoms with Gasteiger partial charge in [-0.2, -0.15) is 9.30 Å². The summed E-state index contributed by atoms with van der Waals surface area (Å²) >= 11 is 1.39. The second-order valence-electron chi connectivity index (χ2n) is 7.55. The predicted molar refractivity (Wildman–Crippen MR) is 132 cm³/mol. The van der Waals surface area contributed by atoms with Crippen molar-refractivity contribution in [2.24, 2.45) is 4.99 Å². The summed E-state index contributed by atoms with van der Waals surface area (Å²) in [6, 6.07) is 9.60. The van der Waals surface area contributed by atoms with Crippen molar-refractivity contribution in [3.05, 3.63) is 72.1 Å². The number of carbonyl (C=O) groups excluding carboxylic acids is 1. The molecule has 3 aromatic rings. The standard InChI is InChI=1S/C24H25N3O5S2/c1-4-11-26(12-5-2)34(29,30)18-9-7-17(8-10-18)23(28)25-24-27(13-6-3)19-14-20-21(32-16-31-20)15-22(19)33-24/h4-5,7-10,14-15H,1-2,6,11-13,16H2,3H3. The Morgan fingerprint density at radius 1 is 1.15 bits per heavy atom. The highest BCUT2D eigenvalue weighted by Crippen LogP contribution is 2.37. The second kappa shape index (κ2) is 9.96. The molecule has 0 unspecified atom stereocenters. The molecule has 0 saturated carbocycles. The van der Waals surface area contributed by atoms with Gasteiger partial charge < -0.3 is 14.0 Å². The van der Waals surface area contributed by atoms with Crippen LogP contribution in [0.25, 0.3) is 10.2 Å². The van der Waals surface area contributed by atoms with E-state index in [1.54, 1.807) is 0 Å². The lowest BCUT2D eigenvalue weighted by Crippen LogP contribution is -2.31. The minimum Gasteiger partial charge on any atom is -0.454 e. The van der Waals surface area contributed by atoms with Gasteiger partial charge in [0, 0.05) is 37.3 Å². The highest BCUT2D eigenvalue weighted by Gasteiger charge is 2.23. The van der Waals surface area contributed by atoms with E-state index in [1.807, 2.05) is 16.7 Å². The van der Waals surface area contributed by atoms with Crippen molar-refractivity contribution >= 4 is 37.5 Å². The number of benzene rings is 2. The van der Waals surface area contributed by atoms with Crippen LogP contribution >= 0.6 is 11.3 Å². The van der Waals surface area contributed by atoms with E-state index in [0.29, 0.717) is 28.4 Å². The van der Waals surface area contributed by atoms with Gasteiger partial charge in [-0.1, -0.05) is 30.4 Å². The van der Waals surface area contributed by atoms with Gasteiger partial charge in [0.05, 0.1) is 15.1 Å². The van der Waals surface area contributed by atoms with Gasteiger partial charge in [-0.15, -0.1) is 13.2 Å². The lowest BCUT2D eigenvalue weighted by atomic mass is 10.2. The summed E-state index contributed by atoms with van der Waals surface area (Å²) in [5.74, 6) is 0.898. The zero-order chi connectivity index (χ0) is 24.3. The third-order valence-corrected chi connectivity index (χ3v) is 8.11. The van der Waals surface area contributed by atoms with E-state index in [2.05, 4.69) is 25.1 Å². The Balaban J connectivity index is 1.67.